The Bertz CT molecular complexity index is 596. The van der Waals surface area contributed by atoms with Gasteiger partial charge in [0.15, 0.2) is 0 Å². The number of rotatable bonds is 5. The van der Waals surface area contributed by atoms with E-state index in [9.17, 15) is 4.79 Å². The molecule has 0 aliphatic rings. The van der Waals surface area contributed by atoms with Crippen LogP contribution in [0.3, 0.4) is 0 Å². The van der Waals surface area contributed by atoms with E-state index in [2.05, 4.69) is 39.6 Å². The van der Waals surface area contributed by atoms with Crippen LogP contribution >= 0.6 is 0 Å². The predicted octanol–water partition coefficient (Wildman–Crippen LogP) is 2.33. The molecule has 20 heavy (non-hydrogen) atoms. The monoisotopic (exact) mass is 271 g/mol. The lowest BCUT2D eigenvalue weighted by Crippen LogP contribution is -2.20. The third kappa shape index (κ3) is 3.39. The summed E-state index contributed by atoms with van der Waals surface area (Å²) in [5.41, 5.74) is 2.99. The van der Waals surface area contributed by atoms with E-state index in [4.69, 9.17) is 5.11 Å². The molecule has 0 amide bonds. The molecule has 1 heterocycles. The lowest BCUT2D eigenvalue weighted by molar-refractivity contribution is 0.0694. The van der Waals surface area contributed by atoms with Crippen LogP contribution in [0.1, 0.15) is 40.1 Å². The van der Waals surface area contributed by atoms with Crippen LogP contribution in [0.5, 0.6) is 0 Å². The van der Waals surface area contributed by atoms with Crippen LogP contribution in [0.15, 0.2) is 36.8 Å². The minimum Gasteiger partial charge on any atom is -0.478 e. The number of carbonyl (C=O) groups is 1. The van der Waals surface area contributed by atoms with Crippen LogP contribution in [0.4, 0.5) is 0 Å². The number of aromatic nitrogens is 2. The summed E-state index contributed by atoms with van der Waals surface area (Å²) in [5.74, 6) is -1.01. The average Bonchev–Trinajstić information content (AvgIpc) is 2.45. The number of nitrogens with zero attached hydrogens (tertiary/aromatic N) is 2. The third-order valence-electron chi connectivity index (χ3n) is 3.18. The van der Waals surface area contributed by atoms with Gasteiger partial charge in [-0.25, -0.2) is 14.8 Å². The van der Waals surface area contributed by atoms with Gasteiger partial charge in [-0.2, -0.15) is 0 Å². The van der Waals surface area contributed by atoms with E-state index >= 15 is 0 Å². The highest BCUT2D eigenvalue weighted by Crippen LogP contribution is 2.14. The van der Waals surface area contributed by atoms with Crippen molar-refractivity contribution in [1.82, 2.24) is 15.3 Å². The van der Waals surface area contributed by atoms with Crippen molar-refractivity contribution in [1.29, 1.82) is 0 Å². The minimum atomic E-state index is -1.01. The van der Waals surface area contributed by atoms with Crippen LogP contribution in [0.25, 0.3) is 0 Å². The number of hydrogen-bond donors (Lipinski definition) is 2. The van der Waals surface area contributed by atoms with E-state index in [1.165, 1.54) is 18.1 Å². The van der Waals surface area contributed by atoms with Crippen molar-refractivity contribution in [3.8, 4) is 0 Å². The van der Waals surface area contributed by atoms with E-state index in [1.807, 2.05) is 13.8 Å². The zero-order chi connectivity index (χ0) is 14.5. The Morgan fingerprint density at radius 2 is 2.05 bits per heavy atom. The van der Waals surface area contributed by atoms with Crippen molar-refractivity contribution in [2.24, 2.45) is 0 Å². The summed E-state index contributed by atoms with van der Waals surface area (Å²) in [6.45, 7) is 4.47. The summed E-state index contributed by atoms with van der Waals surface area (Å²) < 4.78 is 0. The second kappa shape index (κ2) is 6.25. The molecule has 0 radical (unpaired) electrons. The molecule has 1 aromatic heterocycles. The second-order valence-electron chi connectivity index (χ2n) is 4.70. The van der Waals surface area contributed by atoms with Gasteiger partial charge in [-0.1, -0.05) is 29.8 Å². The number of carboxylic acid groups (broad SMARTS) is 1. The molecule has 5 nitrogen and oxygen atoms in total. The molecule has 0 unspecified atom stereocenters. The largest absolute Gasteiger partial charge is 0.478 e. The lowest BCUT2D eigenvalue weighted by atomic mass is 10.1. The van der Waals surface area contributed by atoms with Crippen LogP contribution in [-0.4, -0.2) is 21.0 Å². The zero-order valence-corrected chi connectivity index (χ0v) is 11.5. The summed E-state index contributed by atoms with van der Waals surface area (Å²) in [6.07, 6.45) is 2.68. The maximum Gasteiger partial charge on any atom is 0.339 e. The first-order chi connectivity index (χ1) is 9.58. The quantitative estimate of drug-likeness (QED) is 0.873. The van der Waals surface area contributed by atoms with Crippen LogP contribution in [-0.2, 0) is 6.54 Å². The summed E-state index contributed by atoms with van der Waals surface area (Å²) in [7, 11) is 0. The Kier molecular flexibility index (Phi) is 4.42. The molecule has 2 rings (SSSR count). The highest BCUT2D eigenvalue weighted by atomic mass is 16.4. The molecular formula is C15H17N3O2. The van der Waals surface area contributed by atoms with Gasteiger partial charge in [0.05, 0.1) is 5.69 Å². The number of nitrogens with one attached hydrogen (secondary N) is 1. The molecule has 1 atom stereocenters. The Morgan fingerprint density at radius 3 is 2.70 bits per heavy atom. The molecule has 0 aliphatic heterocycles. The number of hydrogen-bond acceptors (Lipinski definition) is 4. The molecule has 1 aromatic carbocycles. The number of aryl methyl sites for hydroxylation is 1. The van der Waals surface area contributed by atoms with Crippen molar-refractivity contribution >= 4 is 5.97 Å². The second-order valence-corrected chi connectivity index (χ2v) is 4.70. The molecule has 0 bridgehead atoms. The Morgan fingerprint density at radius 1 is 1.35 bits per heavy atom. The summed E-state index contributed by atoms with van der Waals surface area (Å²) in [4.78, 5) is 18.8. The first kappa shape index (κ1) is 14.1. The molecule has 2 N–H and O–H groups in total. The summed E-state index contributed by atoms with van der Waals surface area (Å²) in [5, 5.41) is 12.3. The van der Waals surface area contributed by atoms with Gasteiger partial charge in [0.2, 0.25) is 0 Å². The van der Waals surface area contributed by atoms with Crippen LogP contribution in [0.2, 0.25) is 0 Å². The first-order valence-corrected chi connectivity index (χ1v) is 6.40. The fourth-order valence-corrected chi connectivity index (χ4v) is 1.90. The summed E-state index contributed by atoms with van der Waals surface area (Å²) >= 11 is 0. The predicted molar refractivity (Wildman–Crippen MR) is 75.4 cm³/mol. The minimum absolute atomic E-state index is 0.118. The van der Waals surface area contributed by atoms with Gasteiger partial charge in [0.1, 0.15) is 11.9 Å². The molecule has 104 valence electrons. The van der Waals surface area contributed by atoms with Crippen LogP contribution in [0, 0.1) is 6.92 Å². The average molecular weight is 271 g/mol. The number of aromatic carboxylic acids is 1. The fourth-order valence-electron chi connectivity index (χ4n) is 1.90. The topological polar surface area (TPSA) is 75.1 Å². The molecule has 0 fully saturated rings. The van der Waals surface area contributed by atoms with Gasteiger partial charge in [0.25, 0.3) is 0 Å². The molecule has 0 spiro atoms. The smallest absolute Gasteiger partial charge is 0.339 e. The first-order valence-electron chi connectivity index (χ1n) is 6.40. The fraction of sp³-hybridized carbons (Fsp3) is 0.267. The Balaban J connectivity index is 2.05. The Labute approximate surface area is 117 Å². The SMILES string of the molecule is Cc1ccc([C@@H](C)NCc2ncncc2C(=O)O)cc1. The molecular weight excluding hydrogens is 254 g/mol. The molecule has 0 saturated carbocycles. The number of benzene rings is 1. The van der Waals surface area contributed by atoms with Crippen molar-refractivity contribution in [3.63, 3.8) is 0 Å². The van der Waals surface area contributed by atoms with E-state index in [0.717, 1.165) is 5.56 Å². The van der Waals surface area contributed by atoms with E-state index in [-0.39, 0.29) is 11.6 Å². The van der Waals surface area contributed by atoms with Crippen molar-refractivity contribution in [3.05, 3.63) is 59.2 Å². The van der Waals surface area contributed by atoms with E-state index in [1.54, 1.807) is 0 Å². The van der Waals surface area contributed by atoms with E-state index < -0.39 is 5.97 Å². The highest BCUT2D eigenvalue weighted by Gasteiger charge is 2.12. The maximum atomic E-state index is 11.1. The van der Waals surface area contributed by atoms with Gasteiger partial charge in [0, 0.05) is 18.8 Å². The maximum absolute atomic E-state index is 11.1. The number of carboxylic acids is 1. The normalized spacial score (nSPS) is 12.1. The van der Waals surface area contributed by atoms with Gasteiger partial charge < -0.3 is 10.4 Å². The lowest BCUT2D eigenvalue weighted by Gasteiger charge is -2.14. The molecule has 0 aliphatic carbocycles. The molecule has 0 saturated heterocycles. The molecule has 5 heteroatoms. The summed E-state index contributed by atoms with van der Waals surface area (Å²) in [6, 6.07) is 8.35. The van der Waals surface area contributed by atoms with Gasteiger partial charge >= 0.3 is 5.97 Å². The highest BCUT2D eigenvalue weighted by molar-refractivity contribution is 5.88. The van der Waals surface area contributed by atoms with Gasteiger partial charge in [-0.3, -0.25) is 0 Å². The zero-order valence-electron chi connectivity index (χ0n) is 11.5. The Hall–Kier alpha value is -2.27. The van der Waals surface area contributed by atoms with Crippen LogP contribution < -0.4 is 5.32 Å². The van der Waals surface area contributed by atoms with Crippen molar-refractivity contribution < 1.29 is 9.90 Å². The van der Waals surface area contributed by atoms with E-state index in [0.29, 0.717) is 12.2 Å². The third-order valence-corrected chi connectivity index (χ3v) is 3.18. The van der Waals surface area contributed by atoms with Crippen molar-refractivity contribution in [2.75, 3.05) is 0 Å². The molecule has 2 aromatic rings. The van der Waals surface area contributed by atoms with Gasteiger partial charge in [-0.05, 0) is 19.4 Å². The standard InChI is InChI=1S/C15H17N3O2/c1-10-3-5-12(6-4-10)11(2)17-8-14-13(15(19)20)7-16-9-18-14/h3-7,9,11,17H,8H2,1-2H3,(H,19,20)/t11-/m1/s1. The van der Waals surface area contributed by atoms with Crippen molar-refractivity contribution in [2.45, 2.75) is 26.4 Å². The van der Waals surface area contributed by atoms with Gasteiger partial charge in [-0.15, -0.1) is 0 Å².